The fourth-order valence-corrected chi connectivity index (χ4v) is 0.156. The van der Waals surface area contributed by atoms with Crippen LogP contribution in [0.15, 0.2) is 5.28 Å². The Balaban J connectivity index is 3.73. The van der Waals surface area contributed by atoms with Gasteiger partial charge in [-0.1, -0.05) is 0 Å². The maximum absolute atomic E-state index is 11.7. The highest BCUT2D eigenvalue weighted by Gasteiger charge is 2.33. The van der Waals surface area contributed by atoms with Gasteiger partial charge in [0.1, 0.15) is 5.28 Å². The van der Waals surface area contributed by atoms with Crippen molar-refractivity contribution >= 4 is 0 Å². The first-order chi connectivity index (χ1) is 4.62. The summed E-state index contributed by atoms with van der Waals surface area (Å²) in [5, 5.41) is 2.00. The highest BCUT2D eigenvalue weighted by Crippen LogP contribution is 2.16. The molecule has 0 spiro atoms. The highest BCUT2D eigenvalue weighted by molar-refractivity contribution is 4.32. The quantitative estimate of drug-likeness (QED) is 0.205. The zero-order valence-electron chi connectivity index (χ0n) is 4.50. The van der Waals surface area contributed by atoms with Gasteiger partial charge in [0.05, 0.1) is 0 Å². The number of hydrogen-bond donors (Lipinski definition) is 0. The molecule has 0 aromatic carbocycles. The largest absolute Gasteiger partial charge is 0.543 e. The van der Waals surface area contributed by atoms with Crippen molar-refractivity contribution in [2.45, 2.75) is 6.29 Å². The molecule has 0 fully saturated rings. The SMILES string of the molecule is [N-]=[N+]=NOC(F)(F)OCF. The normalized spacial score (nSPS) is 10.3. The molecule has 0 aliphatic rings. The van der Waals surface area contributed by atoms with Crippen LogP contribution >= 0.6 is 0 Å². The van der Waals surface area contributed by atoms with E-state index in [4.69, 9.17) is 5.53 Å². The number of hydrogen-bond acceptors (Lipinski definition) is 3. The Hall–Kier alpha value is -1.14. The Bertz CT molecular complexity index is 145. The minimum Gasteiger partial charge on any atom is -0.342 e. The van der Waals surface area contributed by atoms with Crippen LogP contribution in [0.25, 0.3) is 10.4 Å². The predicted molar refractivity (Wildman–Crippen MR) is 22.2 cm³/mol. The molecule has 10 heavy (non-hydrogen) atoms. The van der Waals surface area contributed by atoms with E-state index in [9.17, 15) is 13.2 Å². The van der Waals surface area contributed by atoms with Crippen LogP contribution in [-0.4, -0.2) is 13.2 Å². The summed E-state index contributed by atoms with van der Waals surface area (Å²) in [5.41, 5.74) is 7.45. The third kappa shape index (κ3) is 3.81. The smallest absolute Gasteiger partial charge is 0.342 e. The van der Waals surface area contributed by atoms with Crippen LogP contribution < -0.4 is 0 Å². The minimum absolute atomic E-state index is 1.73. The number of halogens is 3. The molecule has 0 aliphatic heterocycles. The zero-order chi connectivity index (χ0) is 8.04. The van der Waals surface area contributed by atoms with Gasteiger partial charge in [0, 0.05) is 4.91 Å². The maximum atomic E-state index is 11.7. The van der Waals surface area contributed by atoms with E-state index in [2.05, 4.69) is 9.57 Å². The number of azide groups is 1. The Morgan fingerprint density at radius 3 is 2.60 bits per heavy atom. The first-order valence-corrected chi connectivity index (χ1v) is 1.92. The third-order valence-corrected chi connectivity index (χ3v) is 0.406. The second-order valence-corrected chi connectivity index (χ2v) is 0.979. The minimum atomic E-state index is -4.19. The van der Waals surface area contributed by atoms with Gasteiger partial charge in [0.15, 0.2) is 6.86 Å². The second kappa shape index (κ2) is 3.80. The lowest BCUT2D eigenvalue weighted by Crippen LogP contribution is -2.21. The van der Waals surface area contributed by atoms with Gasteiger partial charge in [-0.15, -0.1) is 8.78 Å². The average molecular weight is 157 g/mol. The molecule has 0 heterocycles. The Kier molecular flexibility index (Phi) is 3.37. The maximum Gasteiger partial charge on any atom is 0.543 e. The molecule has 0 aromatic heterocycles. The molecule has 0 radical (unpaired) electrons. The van der Waals surface area contributed by atoms with E-state index < -0.39 is 13.2 Å². The molecular formula is C2H2F3N3O2. The lowest BCUT2D eigenvalue weighted by molar-refractivity contribution is -0.403. The summed E-state index contributed by atoms with van der Waals surface area (Å²) in [7, 11) is 0. The molecule has 0 saturated heterocycles. The summed E-state index contributed by atoms with van der Waals surface area (Å²) < 4.78 is 37.4. The summed E-state index contributed by atoms with van der Waals surface area (Å²) >= 11 is 0. The Labute approximate surface area is 52.9 Å². The molecule has 0 amide bonds. The summed E-state index contributed by atoms with van der Waals surface area (Å²) in [6.45, 7) is -1.73. The number of rotatable bonds is 4. The van der Waals surface area contributed by atoms with Crippen molar-refractivity contribution in [2.24, 2.45) is 5.28 Å². The summed E-state index contributed by atoms with van der Waals surface area (Å²) in [6.07, 6.45) is -4.19. The van der Waals surface area contributed by atoms with E-state index >= 15 is 0 Å². The van der Waals surface area contributed by atoms with Crippen LogP contribution in [0.4, 0.5) is 13.2 Å². The van der Waals surface area contributed by atoms with Crippen LogP contribution in [0.3, 0.4) is 0 Å². The lowest BCUT2D eigenvalue weighted by atomic mass is 11.2. The molecule has 0 saturated carbocycles. The lowest BCUT2D eigenvalue weighted by Gasteiger charge is -2.09. The van der Waals surface area contributed by atoms with E-state index in [1.54, 1.807) is 0 Å². The van der Waals surface area contributed by atoms with Crippen LogP contribution in [-0.2, 0) is 9.57 Å². The van der Waals surface area contributed by atoms with E-state index in [1.807, 2.05) is 10.2 Å². The number of alkyl halides is 3. The van der Waals surface area contributed by atoms with Crippen LogP contribution in [0.2, 0.25) is 0 Å². The van der Waals surface area contributed by atoms with E-state index in [-0.39, 0.29) is 0 Å². The molecular weight excluding hydrogens is 155 g/mol. The number of ether oxygens (including phenoxy) is 1. The van der Waals surface area contributed by atoms with Gasteiger partial charge in [-0.25, -0.2) is 4.39 Å². The van der Waals surface area contributed by atoms with Gasteiger partial charge in [-0.3, -0.25) is 4.74 Å². The summed E-state index contributed by atoms with van der Waals surface area (Å²) in [4.78, 5) is 4.86. The Morgan fingerprint density at radius 2 is 2.20 bits per heavy atom. The number of nitrogens with zero attached hydrogens (tertiary/aromatic N) is 3. The fraction of sp³-hybridized carbons (Fsp3) is 1.00. The van der Waals surface area contributed by atoms with Crippen LogP contribution in [0, 0.1) is 0 Å². The van der Waals surface area contributed by atoms with Gasteiger partial charge in [-0.05, 0) is 5.53 Å². The molecule has 0 aromatic rings. The predicted octanol–water partition coefficient (Wildman–Crippen LogP) is 1.72. The van der Waals surface area contributed by atoms with Crippen molar-refractivity contribution in [1.82, 2.24) is 0 Å². The van der Waals surface area contributed by atoms with Crippen molar-refractivity contribution in [3.8, 4) is 0 Å². The molecule has 0 N–H and O–H groups in total. The molecule has 0 unspecified atom stereocenters. The molecule has 0 aliphatic carbocycles. The van der Waals surface area contributed by atoms with Gasteiger partial charge < -0.3 is 4.84 Å². The average Bonchev–Trinajstić information content (AvgIpc) is 1.84. The third-order valence-electron chi connectivity index (χ3n) is 0.406. The summed E-state index contributed by atoms with van der Waals surface area (Å²) in [5.74, 6) is 0. The first-order valence-electron chi connectivity index (χ1n) is 1.92. The van der Waals surface area contributed by atoms with Crippen molar-refractivity contribution in [2.75, 3.05) is 6.86 Å². The second-order valence-electron chi connectivity index (χ2n) is 0.979. The summed E-state index contributed by atoms with van der Waals surface area (Å²) in [6, 6.07) is 0. The van der Waals surface area contributed by atoms with Crippen molar-refractivity contribution in [1.29, 1.82) is 0 Å². The van der Waals surface area contributed by atoms with E-state index in [1.165, 1.54) is 0 Å². The molecule has 58 valence electrons. The molecule has 5 nitrogen and oxygen atoms in total. The fourth-order valence-electron chi connectivity index (χ4n) is 0.156. The van der Waals surface area contributed by atoms with Crippen molar-refractivity contribution in [3.05, 3.63) is 10.4 Å². The first kappa shape index (κ1) is 8.86. The van der Waals surface area contributed by atoms with Crippen molar-refractivity contribution in [3.63, 3.8) is 0 Å². The van der Waals surface area contributed by atoms with Crippen molar-refractivity contribution < 1.29 is 22.7 Å². The van der Waals surface area contributed by atoms with Crippen LogP contribution in [0.1, 0.15) is 0 Å². The highest BCUT2D eigenvalue weighted by atomic mass is 19.3. The molecule has 8 heteroatoms. The van der Waals surface area contributed by atoms with Gasteiger partial charge in [0.2, 0.25) is 0 Å². The molecule has 0 rings (SSSR count). The molecule has 0 bridgehead atoms. The standard InChI is InChI=1S/C2H2F3N3O2/c3-1-9-2(4,5)10-8-7-6/h1H2. The van der Waals surface area contributed by atoms with Gasteiger partial charge >= 0.3 is 6.29 Å². The monoisotopic (exact) mass is 157 g/mol. The van der Waals surface area contributed by atoms with Gasteiger partial charge in [0.25, 0.3) is 0 Å². The van der Waals surface area contributed by atoms with Gasteiger partial charge in [-0.2, -0.15) is 0 Å². The van der Waals surface area contributed by atoms with E-state index in [0.717, 1.165) is 0 Å². The van der Waals surface area contributed by atoms with E-state index in [0.29, 0.717) is 0 Å². The molecule has 0 atom stereocenters. The Morgan fingerprint density at radius 1 is 1.60 bits per heavy atom. The topological polar surface area (TPSA) is 67.2 Å². The van der Waals surface area contributed by atoms with Crippen LogP contribution in [0.5, 0.6) is 0 Å². The zero-order valence-corrected chi connectivity index (χ0v) is 4.50.